The minimum Gasteiger partial charge on any atom is -0.335 e. The first-order valence-electron chi connectivity index (χ1n) is 6.98. The topological polar surface area (TPSA) is 93.4 Å². The zero-order valence-electron chi connectivity index (χ0n) is 12.3. The molecular formula is C14H21N3O3S. The number of pyridine rings is 1. The predicted molar refractivity (Wildman–Crippen MR) is 79.6 cm³/mol. The maximum atomic E-state index is 12.3. The Labute approximate surface area is 125 Å². The summed E-state index contributed by atoms with van der Waals surface area (Å²) in [5.41, 5.74) is 1.02. The third-order valence-corrected chi connectivity index (χ3v) is 4.66. The maximum absolute atomic E-state index is 12.3. The van der Waals surface area contributed by atoms with Crippen molar-refractivity contribution in [3.05, 3.63) is 30.1 Å². The van der Waals surface area contributed by atoms with E-state index in [9.17, 15) is 13.2 Å². The van der Waals surface area contributed by atoms with Gasteiger partial charge >= 0.3 is 0 Å². The summed E-state index contributed by atoms with van der Waals surface area (Å²) in [6.45, 7) is 4.52. The lowest BCUT2D eigenvalue weighted by Crippen LogP contribution is -2.34. The van der Waals surface area contributed by atoms with Crippen LogP contribution < -0.4 is 5.14 Å². The smallest absolute Gasteiger partial charge is 0.223 e. The Balaban J connectivity index is 2.20. The summed E-state index contributed by atoms with van der Waals surface area (Å²) in [4.78, 5) is 18.0. The number of likely N-dealkylation sites (tertiary alicyclic amines) is 1. The molecular weight excluding hydrogens is 290 g/mol. The van der Waals surface area contributed by atoms with E-state index in [0.717, 1.165) is 5.56 Å². The van der Waals surface area contributed by atoms with Crippen molar-refractivity contribution in [1.82, 2.24) is 9.88 Å². The van der Waals surface area contributed by atoms with E-state index in [1.807, 2.05) is 26.0 Å². The highest BCUT2D eigenvalue weighted by molar-refractivity contribution is 7.89. The van der Waals surface area contributed by atoms with Gasteiger partial charge < -0.3 is 4.90 Å². The van der Waals surface area contributed by atoms with E-state index in [-0.39, 0.29) is 36.0 Å². The molecule has 0 bridgehead atoms. The highest BCUT2D eigenvalue weighted by atomic mass is 32.2. The summed E-state index contributed by atoms with van der Waals surface area (Å²) in [5.74, 6) is -0.157. The average Bonchev–Trinajstić information content (AvgIpc) is 2.69. The van der Waals surface area contributed by atoms with E-state index in [1.165, 1.54) is 0 Å². The zero-order valence-corrected chi connectivity index (χ0v) is 13.1. The van der Waals surface area contributed by atoms with E-state index in [1.54, 1.807) is 17.3 Å². The van der Waals surface area contributed by atoms with Crippen LogP contribution in [0.3, 0.4) is 0 Å². The summed E-state index contributed by atoms with van der Waals surface area (Å²) in [5, 5.41) is 5.09. The van der Waals surface area contributed by atoms with Crippen LogP contribution in [-0.4, -0.2) is 36.5 Å². The van der Waals surface area contributed by atoms with E-state index in [4.69, 9.17) is 5.14 Å². The number of carbonyl (C=O) groups excluding carboxylic acids is 1. The van der Waals surface area contributed by atoms with Gasteiger partial charge in [0.25, 0.3) is 0 Å². The van der Waals surface area contributed by atoms with Crippen molar-refractivity contribution in [3.8, 4) is 0 Å². The largest absolute Gasteiger partial charge is 0.335 e. The number of carbonyl (C=O) groups is 1. The highest BCUT2D eigenvalue weighted by Gasteiger charge is 2.37. The van der Waals surface area contributed by atoms with Gasteiger partial charge in [0.15, 0.2) is 0 Å². The molecule has 0 spiro atoms. The maximum Gasteiger partial charge on any atom is 0.223 e. The standard InChI is InChI=1S/C14H21N3O3S/c1-10(2)14(12-3-5-16-6-4-12)17-8-11(7-13(17)18)9-21(15,19)20/h3-6,10-11,14H,7-9H2,1-2H3,(H2,15,19,20). The van der Waals surface area contributed by atoms with Crippen molar-refractivity contribution in [3.63, 3.8) is 0 Å². The molecule has 2 N–H and O–H groups in total. The van der Waals surface area contributed by atoms with Crippen LogP contribution in [0.5, 0.6) is 0 Å². The Bertz CT molecular complexity index is 601. The number of hydrogen-bond donors (Lipinski definition) is 1. The van der Waals surface area contributed by atoms with E-state index >= 15 is 0 Å². The Hall–Kier alpha value is -1.47. The number of hydrogen-bond acceptors (Lipinski definition) is 4. The van der Waals surface area contributed by atoms with Gasteiger partial charge in [0.1, 0.15) is 0 Å². The lowest BCUT2D eigenvalue weighted by molar-refractivity contribution is -0.130. The van der Waals surface area contributed by atoms with Crippen molar-refractivity contribution in [2.24, 2.45) is 17.0 Å². The van der Waals surface area contributed by atoms with Crippen LogP contribution in [0.15, 0.2) is 24.5 Å². The first-order valence-corrected chi connectivity index (χ1v) is 8.69. The number of nitrogens with two attached hydrogens (primary N) is 1. The minimum absolute atomic E-state index is 0.0147. The zero-order chi connectivity index (χ0) is 15.6. The van der Waals surface area contributed by atoms with Crippen molar-refractivity contribution in [1.29, 1.82) is 0 Å². The first kappa shape index (κ1) is 15.9. The molecule has 0 aromatic carbocycles. The molecule has 1 aliphatic heterocycles. The Morgan fingerprint density at radius 2 is 2.00 bits per heavy atom. The molecule has 2 atom stereocenters. The van der Waals surface area contributed by atoms with Crippen LogP contribution in [0.2, 0.25) is 0 Å². The Morgan fingerprint density at radius 1 is 1.38 bits per heavy atom. The molecule has 1 aliphatic rings. The van der Waals surface area contributed by atoms with Crippen LogP contribution in [0, 0.1) is 11.8 Å². The summed E-state index contributed by atoms with van der Waals surface area (Å²) in [6.07, 6.45) is 3.64. The quantitative estimate of drug-likeness (QED) is 0.875. The fraction of sp³-hybridized carbons (Fsp3) is 0.571. The SMILES string of the molecule is CC(C)C(c1ccncc1)N1CC(CS(N)(=O)=O)CC1=O. The summed E-state index contributed by atoms with van der Waals surface area (Å²) in [6, 6.07) is 3.72. The van der Waals surface area contributed by atoms with Gasteiger partial charge in [0.2, 0.25) is 15.9 Å². The molecule has 1 saturated heterocycles. The molecule has 2 heterocycles. The van der Waals surface area contributed by atoms with E-state index in [0.29, 0.717) is 6.54 Å². The molecule has 2 unspecified atom stereocenters. The molecule has 116 valence electrons. The molecule has 0 saturated carbocycles. The van der Waals surface area contributed by atoms with Crippen molar-refractivity contribution in [2.75, 3.05) is 12.3 Å². The monoisotopic (exact) mass is 311 g/mol. The van der Waals surface area contributed by atoms with Crippen molar-refractivity contribution >= 4 is 15.9 Å². The average molecular weight is 311 g/mol. The Morgan fingerprint density at radius 3 is 2.52 bits per heavy atom. The molecule has 1 amide bonds. The second kappa shape index (κ2) is 6.11. The van der Waals surface area contributed by atoms with Crippen LogP contribution in [-0.2, 0) is 14.8 Å². The molecule has 1 fully saturated rings. The molecule has 21 heavy (non-hydrogen) atoms. The van der Waals surface area contributed by atoms with Gasteiger partial charge in [-0.15, -0.1) is 0 Å². The lowest BCUT2D eigenvalue weighted by Gasteiger charge is -2.31. The molecule has 0 radical (unpaired) electrons. The molecule has 0 aliphatic carbocycles. The number of amides is 1. The van der Waals surface area contributed by atoms with Crippen LogP contribution in [0.4, 0.5) is 0 Å². The van der Waals surface area contributed by atoms with Crippen LogP contribution >= 0.6 is 0 Å². The van der Waals surface area contributed by atoms with Gasteiger partial charge in [-0.05, 0) is 23.6 Å². The molecule has 7 heteroatoms. The summed E-state index contributed by atoms with van der Waals surface area (Å²) in [7, 11) is -3.55. The van der Waals surface area contributed by atoms with Gasteiger partial charge in [-0.2, -0.15) is 0 Å². The molecule has 1 aromatic rings. The van der Waals surface area contributed by atoms with Crippen molar-refractivity contribution in [2.45, 2.75) is 26.3 Å². The van der Waals surface area contributed by atoms with Crippen LogP contribution in [0.1, 0.15) is 31.9 Å². The molecule has 1 aromatic heterocycles. The number of primary sulfonamides is 1. The Kier molecular flexibility index (Phi) is 4.63. The fourth-order valence-corrected chi connectivity index (χ4v) is 3.88. The number of sulfonamides is 1. The third-order valence-electron chi connectivity index (χ3n) is 3.72. The van der Waals surface area contributed by atoms with Gasteiger partial charge in [-0.25, -0.2) is 13.6 Å². The van der Waals surface area contributed by atoms with E-state index in [2.05, 4.69) is 4.98 Å². The van der Waals surface area contributed by atoms with Crippen molar-refractivity contribution < 1.29 is 13.2 Å². The number of nitrogens with zero attached hydrogens (tertiary/aromatic N) is 2. The summed E-state index contributed by atoms with van der Waals surface area (Å²) < 4.78 is 22.4. The second-order valence-electron chi connectivity index (χ2n) is 5.92. The lowest BCUT2D eigenvalue weighted by atomic mass is 9.95. The summed E-state index contributed by atoms with van der Waals surface area (Å²) >= 11 is 0. The minimum atomic E-state index is -3.55. The van der Waals surface area contributed by atoms with Gasteiger partial charge in [0.05, 0.1) is 11.8 Å². The van der Waals surface area contributed by atoms with E-state index < -0.39 is 10.0 Å². The second-order valence-corrected chi connectivity index (χ2v) is 7.57. The van der Waals surface area contributed by atoms with Gasteiger partial charge in [-0.1, -0.05) is 13.8 Å². The first-order chi connectivity index (χ1) is 9.78. The molecule has 6 nitrogen and oxygen atoms in total. The normalized spacial score (nSPS) is 21.0. The number of rotatable bonds is 5. The number of aromatic nitrogens is 1. The highest BCUT2D eigenvalue weighted by Crippen LogP contribution is 2.33. The fourth-order valence-electron chi connectivity index (χ4n) is 3.00. The van der Waals surface area contributed by atoms with Crippen LogP contribution in [0.25, 0.3) is 0 Å². The third kappa shape index (κ3) is 4.01. The predicted octanol–water partition coefficient (Wildman–Crippen LogP) is 0.916. The van der Waals surface area contributed by atoms with Gasteiger partial charge in [-0.3, -0.25) is 9.78 Å². The molecule has 2 rings (SSSR count). The van der Waals surface area contributed by atoms with Gasteiger partial charge in [0, 0.05) is 31.3 Å².